The Balaban J connectivity index is 1.81. The first-order valence-corrected chi connectivity index (χ1v) is 8.81. The summed E-state index contributed by atoms with van der Waals surface area (Å²) in [6.07, 6.45) is 2.28. The fourth-order valence-electron chi connectivity index (χ4n) is 2.75. The van der Waals surface area contributed by atoms with E-state index in [0.717, 1.165) is 31.6 Å². The lowest BCUT2D eigenvalue weighted by Crippen LogP contribution is -2.50. The highest BCUT2D eigenvalue weighted by Crippen LogP contribution is 2.11. The molecule has 0 bridgehead atoms. The number of piperazine rings is 1. The summed E-state index contributed by atoms with van der Waals surface area (Å²) < 4.78 is 0. The standard InChI is InChI=1S/C18H24ClN5O/c19-17-3-1-2-15(12-17)4-6-22-14-16(13-21)18(25)24-10-8-23(7-5-20)9-11-24/h1-3,12,14,22H,4-11,20H2/b16-14-. The van der Waals surface area contributed by atoms with Gasteiger partial charge in [0.2, 0.25) is 0 Å². The number of carbonyl (C=O) groups is 1. The zero-order valence-electron chi connectivity index (χ0n) is 14.2. The van der Waals surface area contributed by atoms with Gasteiger partial charge in [-0.1, -0.05) is 23.7 Å². The number of halogens is 1. The third-order valence-electron chi connectivity index (χ3n) is 4.15. The number of rotatable bonds is 7. The fourth-order valence-corrected chi connectivity index (χ4v) is 2.97. The molecule has 0 aromatic heterocycles. The minimum absolute atomic E-state index is 0.137. The molecule has 1 saturated heterocycles. The number of nitrogens with one attached hydrogen (secondary N) is 1. The van der Waals surface area contributed by atoms with E-state index in [4.69, 9.17) is 17.3 Å². The van der Waals surface area contributed by atoms with Crippen LogP contribution in [0, 0.1) is 11.3 Å². The Bertz CT molecular complexity index is 647. The first-order valence-electron chi connectivity index (χ1n) is 8.44. The molecule has 7 heteroatoms. The lowest BCUT2D eigenvalue weighted by Gasteiger charge is -2.34. The number of carbonyl (C=O) groups excluding carboxylic acids is 1. The summed E-state index contributed by atoms with van der Waals surface area (Å²) in [6.45, 7) is 4.93. The van der Waals surface area contributed by atoms with Crippen LogP contribution in [0.1, 0.15) is 5.56 Å². The molecule has 0 atom stereocenters. The topological polar surface area (TPSA) is 85.4 Å². The van der Waals surface area contributed by atoms with Crippen molar-refractivity contribution < 1.29 is 4.79 Å². The molecule has 134 valence electrons. The average Bonchev–Trinajstić information content (AvgIpc) is 2.62. The first-order chi connectivity index (χ1) is 12.1. The lowest BCUT2D eigenvalue weighted by molar-refractivity contribution is -0.128. The molecule has 1 amide bonds. The second-order valence-corrected chi connectivity index (χ2v) is 6.36. The molecule has 1 aromatic carbocycles. The molecule has 25 heavy (non-hydrogen) atoms. The van der Waals surface area contributed by atoms with Crippen LogP contribution in [0.2, 0.25) is 5.02 Å². The summed E-state index contributed by atoms with van der Waals surface area (Å²) in [4.78, 5) is 16.4. The van der Waals surface area contributed by atoms with Gasteiger partial charge < -0.3 is 16.0 Å². The van der Waals surface area contributed by atoms with Gasteiger partial charge in [0.1, 0.15) is 11.6 Å². The number of hydrogen-bond acceptors (Lipinski definition) is 5. The summed E-state index contributed by atoms with van der Waals surface area (Å²) in [5, 5.41) is 13.0. The van der Waals surface area contributed by atoms with E-state index >= 15 is 0 Å². The molecule has 0 unspecified atom stereocenters. The lowest BCUT2D eigenvalue weighted by atomic mass is 10.1. The molecular formula is C18H24ClN5O. The van der Waals surface area contributed by atoms with E-state index in [1.165, 1.54) is 6.20 Å². The molecule has 1 aliphatic rings. The molecule has 3 N–H and O–H groups in total. The highest BCUT2D eigenvalue weighted by atomic mass is 35.5. The fraction of sp³-hybridized carbons (Fsp3) is 0.444. The van der Waals surface area contributed by atoms with E-state index in [1.54, 1.807) is 4.90 Å². The molecule has 0 saturated carbocycles. The van der Waals surface area contributed by atoms with Crippen LogP contribution < -0.4 is 11.1 Å². The van der Waals surface area contributed by atoms with E-state index in [9.17, 15) is 10.1 Å². The van der Waals surface area contributed by atoms with Gasteiger partial charge in [-0.05, 0) is 24.1 Å². The number of nitriles is 1. The third-order valence-corrected chi connectivity index (χ3v) is 4.38. The Morgan fingerprint density at radius 3 is 2.76 bits per heavy atom. The number of benzene rings is 1. The normalized spacial score (nSPS) is 15.7. The van der Waals surface area contributed by atoms with Gasteiger partial charge >= 0.3 is 0 Å². The quantitative estimate of drug-likeness (QED) is 0.429. The summed E-state index contributed by atoms with van der Waals surface area (Å²) >= 11 is 5.95. The Kier molecular flexibility index (Phi) is 7.74. The number of hydrogen-bond donors (Lipinski definition) is 2. The largest absolute Gasteiger partial charge is 0.389 e. The number of nitrogens with two attached hydrogens (primary N) is 1. The Morgan fingerprint density at radius 1 is 1.36 bits per heavy atom. The number of amides is 1. The zero-order valence-corrected chi connectivity index (χ0v) is 15.0. The van der Waals surface area contributed by atoms with Gasteiger partial charge in [0.15, 0.2) is 0 Å². The van der Waals surface area contributed by atoms with E-state index < -0.39 is 0 Å². The highest BCUT2D eigenvalue weighted by Gasteiger charge is 2.23. The molecular weight excluding hydrogens is 338 g/mol. The van der Waals surface area contributed by atoms with Crippen molar-refractivity contribution >= 4 is 17.5 Å². The van der Waals surface area contributed by atoms with Crippen LogP contribution >= 0.6 is 11.6 Å². The van der Waals surface area contributed by atoms with Crippen molar-refractivity contribution in [2.75, 3.05) is 45.8 Å². The van der Waals surface area contributed by atoms with Gasteiger partial charge in [0, 0.05) is 57.0 Å². The van der Waals surface area contributed by atoms with Crippen molar-refractivity contribution in [2.45, 2.75) is 6.42 Å². The predicted octanol–water partition coefficient (Wildman–Crippen LogP) is 0.982. The summed E-state index contributed by atoms with van der Waals surface area (Å²) in [7, 11) is 0. The van der Waals surface area contributed by atoms with Gasteiger partial charge in [-0.15, -0.1) is 0 Å². The maximum atomic E-state index is 12.4. The van der Waals surface area contributed by atoms with Crippen molar-refractivity contribution in [1.29, 1.82) is 5.26 Å². The molecule has 6 nitrogen and oxygen atoms in total. The Morgan fingerprint density at radius 2 is 2.12 bits per heavy atom. The van der Waals surface area contributed by atoms with Crippen LogP contribution in [0.4, 0.5) is 0 Å². The molecule has 0 aliphatic carbocycles. The molecule has 0 spiro atoms. The molecule has 0 radical (unpaired) electrons. The molecule has 2 rings (SSSR count). The van der Waals surface area contributed by atoms with Gasteiger partial charge in [-0.2, -0.15) is 5.26 Å². The maximum absolute atomic E-state index is 12.4. The second-order valence-electron chi connectivity index (χ2n) is 5.93. The zero-order chi connectivity index (χ0) is 18.1. The van der Waals surface area contributed by atoms with Crippen LogP contribution in [0.5, 0.6) is 0 Å². The molecule has 1 aliphatic heterocycles. The summed E-state index contributed by atoms with van der Waals surface area (Å²) in [5.41, 5.74) is 6.80. The smallest absolute Gasteiger partial charge is 0.266 e. The van der Waals surface area contributed by atoms with E-state index in [0.29, 0.717) is 31.2 Å². The van der Waals surface area contributed by atoms with E-state index in [1.807, 2.05) is 30.3 Å². The maximum Gasteiger partial charge on any atom is 0.266 e. The molecule has 1 fully saturated rings. The van der Waals surface area contributed by atoms with Gasteiger partial charge in [-0.25, -0.2) is 0 Å². The molecule has 1 aromatic rings. The van der Waals surface area contributed by atoms with Gasteiger partial charge in [0.25, 0.3) is 5.91 Å². The average molecular weight is 362 g/mol. The van der Waals surface area contributed by atoms with Crippen LogP contribution in [0.3, 0.4) is 0 Å². The SMILES string of the molecule is N#C/C(=C/NCCc1cccc(Cl)c1)C(=O)N1CCN(CCN)CC1. The van der Waals surface area contributed by atoms with E-state index in [2.05, 4.69) is 10.2 Å². The van der Waals surface area contributed by atoms with E-state index in [-0.39, 0.29) is 11.5 Å². The minimum Gasteiger partial charge on any atom is -0.389 e. The van der Waals surface area contributed by atoms with Crippen molar-refractivity contribution in [3.8, 4) is 6.07 Å². The summed E-state index contributed by atoms with van der Waals surface area (Å²) in [6, 6.07) is 9.63. The van der Waals surface area contributed by atoms with Crippen molar-refractivity contribution in [3.05, 3.63) is 46.6 Å². The summed E-state index contributed by atoms with van der Waals surface area (Å²) in [5.74, 6) is -0.217. The van der Waals surface area contributed by atoms with Crippen LogP contribution in [-0.4, -0.2) is 61.5 Å². The minimum atomic E-state index is -0.217. The third kappa shape index (κ3) is 6.05. The Labute approximate surface area is 153 Å². The van der Waals surface area contributed by atoms with Crippen molar-refractivity contribution in [1.82, 2.24) is 15.1 Å². The predicted molar refractivity (Wildman–Crippen MR) is 98.9 cm³/mol. The van der Waals surface area contributed by atoms with Crippen LogP contribution in [0.25, 0.3) is 0 Å². The second kappa shape index (κ2) is 10.0. The highest BCUT2D eigenvalue weighted by molar-refractivity contribution is 6.30. The monoisotopic (exact) mass is 361 g/mol. The van der Waals surface area contributed by atoms with Crippen molar-refractivity contribution in [3.63, 3.8) is 0 Å². The van der Waals surface area contributed by atoms with Gasteiger partial charge in [-0.3, -0.25) is 9.69 Å². The molecule has 1 heterocycles. The van der Waals surface area contributed by atoms with Crippen LogP contribution in [-0.2, 0) is 11.2 Å². The number of nitrogens with zero attached hydrogens (tertiary/aromatic N) is 3. The van der Waals surface area contributed by atoms with Crippen LogP contribution in [0.15, 0.2) is 36.0 Å². The first kappa shape index (κ1) is 19.3. The van der Waals surface area contributed by atoms with Gasteiger partial charge in [0.05, 0.1) is 0 Å². The Hall–Kier alpha value is -2.07. The van der Waals surface area contributed by atoms with Crippen molar-refractivity contribution in [2.24, 2.45) is 5.73 Å².